The van der Waals surface area contributed by atoms with Gasteiger partial charge in [0.2, 0.25) is 0 Å². The average molecular weight is 238 g/mol. The summed E-state index contributed by atoms with van der Waals surface area (Å²) in [7, 11) is 0. The maximum absolute atomic E-state index is 11.9. The number of para-hydroxylation sites is 1. The molecule has 0 aromatic heterocycles. The molecule has 0 bridgehead atoms. The van der Waals surface area contributed by atoms with Gasteiger partial charge in [-0.2, -0.15) is 0 Å². The third-order valence-electron chi connectivity index (χ3n) is 3.17. The van der Waals surface area contributed by atoms with Crippen LogP contribution in [-0.2, 0) is 0 Å². The van der Waals surface area contributed by atoms with Crippen molar-refractivity contribution < 1.29 is 4.79 Å². The van der Waals surface area contributed by atoms with Gasteiger partial charge in [-0.05, 0) is 17.7 Å². The van der Waals surface area contributed by atoms with Crippen LogP contribution in [0, 0.1) is 0 Å². The van der Waals surface area contributed by atoms with Crippen molar-refractivity contribution in [1.29, 1.82) is 0 Å². The quantitative estimate of drug-likeness (QED) is 0.801. The second kappa shape index (κ2) is 4.53. The first-order valence-corrected chi connectivity index (χ1v) is 6.03. The molecule has 0 spiro atoms. The SMILES string of the molecule is O=C1NCC(c2ccccc2)Nc2ccccc21. The molecule has 90 valence electrons. The summed E-state index contributed by atoms with van der Waals surface area (Å²) in [5, 5.41) is 6.37. The number of benzene rings is 2. The summed E-state index contributed by atoms with van der Waals surface area (Å²) in [5.41, 5.74) is 2.77. The normalized spacial score (nSPS) is 18.2. The van der Waals surface area contributed by atoms with Crippen LogP contribution in [0.5, 0.6) is 0 Å². The van der Waals surface area contributed by atoms with Gasteiger partial charge >= 0.3 is 0 Å². The molecule has 1 heterocycles. The molecule has 0 saturated heterocycles. The fraction of sp³-hybridized carbons (Fsp3) is 0.133. The highest BCUT2D eigenvalue weighted by Crippen LogP contribution is 2.24. The molecule has 3 heteroatoms. The van der Waals surface area contributed by atoms with Crippen LogP contribution in [0.3, 0.4) is 0 Å². The summed E-state index contributed by atoms with van der Waals surface area (Å²) < 4.78 is 0. The number of nitrogens with one attached hydrogen (secondary N) is 2. The van der Waals surface area contributed by atoms with Crippen molar-refractivity contribution in [3.8, 4) is 0 Å². The Kier molecular flexibility index (Phi) is 2.73. The number of amides is 1. The van der Waals surface area contributed by atoms with Crippen LogP contribution < -0.4 is 10.6 Å². The van der Waals surface area contributed by atoms with Crippen molar-refractivity contribution in [3.05, 3.63) is 65.7 Å². The van der Waals surface area contributed by atoms with Crippen molar-refractivity contribution in [2.24, 2.45) is 0 Å². The topological polar surface area (TPSA) is 41.1 Å². The third-order valence-corrected chi connectivity index (χ3v) is 3.17. The molecule has 2 aromatic carbocycles. The predicted octanol–water partition coefficient (Wildman–Crippen LogP) is 2.58. The van der Waals surface area contributed by atoms with E-state index in [2.05, 4.69) is 22.8 Å². The van der Waals surface area contributed by atoms with Gasteiger partial charge in [-0.15, -0.1) is 0 Å². The van der Waals surface area contributed by atoms with Gasteiger partial charge in [-0.25, -0.2) is 0 Å². The molecule has 0 aliphatic carbocycles. The lowest BCUT2D eigenvalue weighted by Crippen LogP contribution is -2.27. The fourth-order valence-electron chi connectivity index (χ4n) is 2.22. The molecule has 18 heavy (non-hydrogen) atoms. The van der Waals surface area contributed by atoms with E-state index in [1.54, 1.807) is 0 Å². The first-order valence-electron chi connectivity index (χ1n) is 6.03. The Labute approximate surface area is 106 Å². The van der Waals surface area contributed by atoms with Gasteiger partial charge in [-0.1, -0.05) is 42.5 Å². The minimum atomic E-state index is -0.0171. The largest absolute Gasteiger partial charge is 0.376 e. The lowest BCUT2D eigenvalue weighted by molar-refractivity contribution is 0.0955. The van der Waals surface area contributed by atoms with Crippen LogP contribution in [-0.4, -0.2) is 12.5 Å². The molecule has 0 radical (unpaired) electrons. The maximum atomic E-state index is 11.9. The molecule has 1 unspecified atom stereocenters. The average Bonchev–Trinajstić information content (AvgIpc) is 2.60. The minimum absolute atomic E-state index is 0.0171. The molecule has 0 saturated carbocycles. The molecule has 1 atom stereocenters. The van der Waals surface area contributed by atoms with Gasteiger partial charge in [-0.3, -0.25) is 4.79 Å². The second-order valence-corrected chi connectivity index (χ2v) is 4.36. The van der Waals surface area contributed by atoms with E-state index in [0.717, 1.165) is 5.69 Å². The van der Waals surface area contributed by atoms with Gasteiger partial charge in [0.05, 0.1) is 11.6 Å². The molecule has 3 nitrogen and oxygen atoms in total. The molecular weight excluding hydrogens is 224 g/mol. The number of anilines is 1. The molecule has 0 fully saturated rings. The van der Waals surface area contributed by atoms with Gasteiger partial charge in [0, 0.05) is 12.2 Å². The summed E-state index contributed by atoms with van der Waals surface area (Å²) in [4.78, 5) is 11.9. The molecule has 1 aliphatic rings. The summed E-state index contributed by atoms with van der Waals surface area (Å²) in [5.74, 6) is -0.0171. The Bertz CT molecular complexity index is 566. The smallest absolute Gasteiger partial charge is 0.253 e. The predicted molar refractivity (Wildman–Crippen MR) is 71.6 cm³/mol. The fourth-order valence-corrected chi connectivity index (χ4v) is 2.22. The zero-order valence-electron chi connectivity index (χ0n) is 9.89. The Balaban J connectivity index is 1.97. The molecule has 2 N–H and O–H groups in total. The van der Waals surface area contributed by atoms with Crippen LogP contribution in [0.4, 0.5) is 5.69 Å². The van der Waals surface area contributed by atoms with E-state index in [1.807, 2.05) is 42.5 Å². The zero-order chi connectivity index (χ0) is 12.4. The lowest BCUT2D eigenvalue weighted by atomic mass is 10.1. The summed E-state index contributed by atoms with van der Waals surface area (Å²) in [6.45, 7) is 0.595. The molecule has 1 amide bonds. The van der Waals surface area contributed by atoms with Crippen molar-refractivity contribution in [1.82, 2.24) is 5.32 Å². The van der Waals surface area contributed by atoms with E-state index < -0.39 is 0 Å². The minimum Gasteiger partial charge on any atom is -0.376 e. The lowest BCUT2D eigenvalue weighted by Gasteiger charge is -2.17. The number of rotatable bonds is 1. The highest BCUT2D eigenvalue weighted by molar-refractivity contribution is 6.00. The highest BCUT2D eigenvalue weighted by Gasteiger charge is 2.20. The van der Waals surface area contributed by atoms with Crippen molar-refractivity contribution in [3.63, 3.8) is 0 Å². The van der Waals surface area contributed by atoms with Crippen molar-refractivity contribution in [2.45, 2.75) is 6.04 Å². The van der Waals surface area contributed by atoms with Gasteiger partial charge in [0.1, 0.15) is 0 Å². The first-order chi connectivity index (χ1) is 8.84. The van der Waals surface area contributed by atoms with Crippen molar-refractivity contribution in [2.75, 3.05) is 11.9 Å². The van der Waals surface area contributed by atoms with Gasteiger partial charge in [0.25, 0.3) is 5.91 Å². The van der Waals surface area contributed by atoms with Crippen LogP contribution >= 0.6 is 0 Å². The molecule has 1 aliphatic heterocycles. The van der Waals surface area contributed by atoms with Crippen LogP contribution in [0.2, 0.25) is 0 Å². The Hall–Kier alpha value is -2.29. The molecular formula is C15H14N2O. The van der Waals surface area contributed by atoms with E-state index in [9.17, 15) is 4.79 Å². The Morgan fingerprint density at radius 1 is 0.944 bits per heavy atom. The molecule has 2 aromatic rings. The summed E-state index contributed by atoms with van der Waals surface area (Å²) in [6.07, 6.45) is 0. The van der Waals surface area contributed by atoms with E-state index in [-0.39, 0.29) is 11.9 Å². The third kappa shape index (κ3) is 1.95. The van der Waals surface area contributed by atoms with Gasteiger partial charge in [0.15, 0.2) is 0 Å². The van der Waals surface area contributed by atoms with Crippen LogP contribution in [0.15, 0.2) is 54.6 Å². The van der Waals surface area contributed by atoms with E-state index in [4.69, 9.17) is 0 Å². The Morgan fingerprint density at radius 2 is 1.67 bits per heavy atom. The number of carbonyl (C=O) groups excluding carboxylic acids is 1. The van der Waals surface area contributed by atoms with E-state index >= 15 is 0 Å². The van der Waals surface area contributed by atoms with E-state index in [0.29, 0.717) is 12.1 Å². The summed E-state index contributed by atoms with van der Waals surface area (Å²) in [6, 6.07) is 17.9. The Morgan fingerprint density at radius 3 is 2.50 bits per heavy atom. The second-order valence-electron chi connectivity index (χ2n) is 4.36. The number of carbonyl (C=O) groups is 1. The zero-order valence-corrected chi connectivity index (χ0v) is 9.89. The standard InChI is InChI=1S/C15H14N2O/c18-15-12-8-4-5-9-13(12)17-14(10-16-15)11-6-2-1-3-7-11/h1-9,14,17H,10H2,(H,16,18). The highest BCUT2D eigenvalue weighted by atomic mass is 16.1. The number of hydrogen-bond acceptors (Lipinski definition) is 2. The molecule has 3 rings (SSSR count). The number of hydrogen-bond donors (Lipinski definition) is 2. The first kappa shape index (κ1) is 10.8. The van der Waals surface area contributed by atoms with Crippen LogP contribution in [0.25, 0.3) is 0 Å². The van der Waals surface area contributed by atoms with Crippen molar-refractivity contribution >= 4 is 11.6 Å². The monoisotopic (exact) mass is 238 g/mol. The van der Waals surface area contributed by atoms with E-state index in [1.165, 1.54) is 5.56 Å². The maximum Gasteiger partial charge on any atom is 0.253 e. The van der Waals surface area contributed by atoms with Crippen LogP contribution in [0.1, 0.15) is 22.0 Å². The number of fused-ring (bicyclic) bond motifs is 1. The summed E-state index contributed by atoms with van der Waals surface area (Å²) >= 11 is 0. The van der Waals surface area contributed by atoms with Gasteiger partial charge < -0.3 is 10.6 Å².